The van der Waals surface area contributed by atoms with Crippen molar-refractivity contribution in [1.82, 2.24) is 19.9 Å². The lowest BCUT2D eigenvalue weighted by atomic mass is 9.63. The second-order valence-electron chi connectivity index (χ2n) is 13.1. The molecule has 2 aliphatic carbocycles. The normalized spacial score (nSPS) is 17.4. The Labute approximate surface area is 288 Å². The number of pyridine rings is 1. The van der Waals surface area contributed by atoms with Gasteiger partial charge in [-0.3, -0.25) is 4.98 Å². The number of fused-ring (bicyclic) bond motifs is 1. The summed E-state index contributed by atoms with van der Waals surface area (Å²) in [6.45, 7) is 4.39. The van der Waals surface area contributed by atoms with Gasteiger partial charge < -0.3 is 0 Å². The maximum Gasteiger partial charge on any atom is 0.164 e. The van der Waals surface area contributed by atoms with Crippen molar-refractivity contribution in [3.63, 3.8) is 0 Å². The minimum Gasteiger partial charge on any atom is -0.256 e. The van der Waals surface area contributed by atoms with Crippen LogP contribution in [0.25, 0.3) is 39.3 Å². The van der Waals surface area contributed by atoms with E-state index in [1.165, 1.54) is 33.4 Å². The predicted molar refractivity (Wildman–Crippen MR) is 201 cm³/mol. The summed E-state index contributed by atoms with van der Waals surface area (Å²) < 4.78 is 0. The highest BCUT2D eigenvalue weighted by Gasteiger charge is 2.39. The summed E-state index contributed by atoms with van der Waals surface area (Å²) in [5.41, 5.74) is 11.6. The molecule has 2 aliphatic rings. The van der Waals surface area contributed by atoms with Crippen molar-refractivity contribution >= 4 is 16.5 Å². The van der Waals surface area contributed by atoms with Crippen molar-refractivity contribution in [2.45, 2.75) is 44.9 Å². The number of hydrogen-bond acceptors (Lipinski definition) is 4. The van der Waals surface area contributed by atoms with Gasteiger partial charge in [0.1, 0.15) is 0 Å². The Hall–Kier alpha value is -5.74. The summed E-state index contributed by atoms with van der Waals surface area (Å²) in [6.07, 6.45) is 17.1. The summed E-state index contributed by atoms with van der Waals surface area (Å²) in [6, 6.07) is 38.7. The zero-order chi connectivity index (χ0) is 33.2. The van der Waals surface area contributed by atoms with Gasteiger partial charge in [0.25, 0.3) is 0 Å². The molecule has 4 nitrogen and oxygen atoms in total. The first-order chi connectivity index (χ1) is 24.1. The molecule has 4 aromatic carbocycles. The standard InChI is InChI=1S/C45H38N4/c1-31-12-8-20-38(28-31)45(39-21-9-13-32(2)29-39)26-25-35(18-10-17-33-14-6-7-22-40(33)45)43-47-42(34-15-4-3-5-16-34)48-44(49-43)37-23-24-41-36(30-37)19-11-27-46-41/h3-6,8-16,18-21,23-25,27-30H,7,17,22,26H2,1-2H3/b18-10-,35-25+. The zero-order valence-electron chi connectivity index (χ0n) is 28.0. The summed E-state index contributed by atoms with van der Waals surface area (Å²) >= 11 is 0. The second kappa shape index (κ2) is 13.0. The third-order valence-corrected chi connectivity index (χ3v) is 9.85. The molecule has 238 valence electrons. The van der Waals surface area contributed by atoms with Crippen LogP contribution in [0.5, 0.6) is 0 Å². The van der Waals surface area contributed by atoms with Crippen molar-refractivity contribution in [3.05, 3.63) is 185 Å². The molecule has 0 saturated carbocycles. The van der Waals surface area contributed by atoms with Crippen molar-refractivity contribution < 1.29 is 0 Å². The van der Waals surface area contributed by atoms with Gasteiger partial charge >= 0.3 is 0 Å². The molecule has 0 unspecified atom stereocenters. The van der Waals surface area contributed by atoms with Crippen molar-refractivity contribution in [3.8, 4) is 22.8 Å². The van der Waals surface area contributed by atoms with Crippen LogP contribution in [0.3, 0.4) is 0 Å². The lowest BCUT2D eigenvalue weighted by Crippen LogP contribution is -2.32. The van der Waals surface area contributed by atoms with Crippen molar-refractivity contribution in [2.24, 2.45) is 0 Å². The topological polar surface area (TPSA) is 51.6 Å². The molecule has 0 aliphatic heterocycles. The molecular formula is C45H38N4. The van der Waals surface area contributed by atoms with Gasteiger partial charge in [-0.25, -0.2) is 15.0 Å². The molecule has 0 N–H and O–H groups in total. The van der Waals surface area contributed by atoms with Gasteiger partial charge in [0.2, 0.25) is 0 Å². The SMILES string of the molecule is Cc1cccc(C2(c3cccc(C)c3)C/C=C(c3nc(-c4ccccc4)nc(-c4ccc5ncccc5c4)n3)\C=C/CC3=C2CCC=C3)c1. The second-order valence-corrected chi connectivity index (χ2v) is 13.1. The molecule has 49 heavy (non-hydrogen) atoms. The van der Waals surface area contributed by atoms with E-state index in [0.717, 1.165) is 53.3 Å². The maximum absolute atomic E-state index is 5.18. The van der Waals surface area contributed by atoms with E-state index in [-0.39, 0.29) is 5.41 Å². The lowest BCUT2D eigenvalue weighted by Gasteiger charge is -2.40. The molecule has 2 aromatic heterocycles. The van der Waals surface area contributed by atoms with Crippen LogP contribution in [0.1, 0.15) is 53.8 Å². The molecule has 0 amide bonds. The van der Waals surface area contributed by atoms with Crippen LogP contribution >= 0.6 is 0 Å². The predicted octanol–water partition coefficient (Wildman–Crippen LogP) is 10.7. The minimum absolute atomic E-state index is 0.348. The summed E-state index contributed by atoms with van der Waals surface area (Å²) in [5.74, 6) is 1.97. The van der Waals surface area contributed by atoms with Gasteiger partial charge in [-0.05, 0) is 80.5 Å². The third-order valence-electron chi connectivity index (χ3n) is 9.85. The molecule has 0 saturated heterocycles. The highest BCUT2D eigenvalue weighted by atomic mass is 15.0. The van der Waals surface area contributed by atoms with E-state index in [9.17, 15) is 0 Å². The van der Waals surface area contributed by atoms with E-state index >= 15 is 0 Å². The van der Waals surface area contributed by atoms with Gasteiger partial charge in [0.05, 0.1) is 5.52 Å². The quantitative estimate of drug-likeness (QED) is 0.189. The molecule has 4 heteroatoms. The summed E-state index contributed by atoms with van der Waals surface area (Å²) in [4.78, 5) is 19.9. The fourth-order valence-electron chi connectivity index (χ4n) is 7.46. The molecule has 0 bridgehead atoms. The van der Waals surface area contributed by atoms with Crippen LogP contribution in [0.2, 0.25) is 0 Å². The van der Waals surface area contributed by atoms with Crippen LogP contribution in [0.15, 0.2) is 157 Å². The first-order valence-electron chi connectivity index (χ1n) is 17.1. The Morgan fingerprint density at radius 1 is 0.612 bits per heavy atom. The monoisotopic (exact) mass is 634 g/mol. The molecule has 6 aromatic rings. The lowest BCUT2D eigenvalue weighted by molar-refractivity contribution is 0.574. The Morgan fingerprint density at radius 3 is 2.10 bits per heavy atom. The van der Waals surface area contributed by atoms with E-state index in [4.69, 9.17) is 15.0 Å². The first kappa shape index (κ1) is 30.6. The van der Waals surface area contributed by atoms with Crippen LogP contribution in [-0.4, -0.2) is 19.9 Å². The average Bonchev–Trinajstić information content (AvgIpc) is 3.23. The van der Waals surface area contributed by atoms with Gasteiger partial charge in [0, 0.05) is 33.7 Å². The Bertz CT molecular complexity index is 2260. The molecule has 0 spiro atoms. The van der Waals surface area contributed by atoms with Crippen LogP contribution in [0, 0.1) is 13.8 Å². The average molecular weight is 635 g/mol. The zero-order valence-corrected chi connectivity index (χ0v) is 28.0. The molecule has 0 radical (unpaired) electrons. The molecule has 0 atom stereocenters. The maximum atomic E-state index is 5.18. The smallest absolute Gasteiger partial charge is 0.164 e. The Kier molecular flexibility index (Phi) is 8.14. The molecule has 0 fully saturated rings. The van der Waals surface area contributed by atoms with Gasteiger partial charge in [-0.1, -0.05) is 132 Å². The number of aryl methyl sites for hydroxylation is 2. The summed E-state index contributed by atoms with van der Waals surface area (Å²) in [7, 11) is 0. The highest BCUT2D eigenvalue weighted by Crippen LogP contribution is 2.49. The Balaban J connectivity index is 1.35. The van der Waals surface area contributed by atoms with Gasteiger partial charge in [0.15, 0.2) is 17.5 Å². The van der Waals surface area contributed by atoms with E-state index in [0.29, 0.717) is 17.5 Å². The van der Waals surface area contributed by atoms with E-state index in [1.807, 2.05) is 36.5 Å². The number of nitrogens with zero attached hydrogens (tertiary/aromatic N) is 4. The first-order valence-corrected chi connectivity index (χ1v) is 17.1. The van der Waals surface area contributed by atoms with E-state index in [2.05, 4.69) is 128 Å². The fourth-order valence-corrected chi connectivity index (χ4v) is 7.46. The number of aromatic nitrogens is 4. The van der Waals surface area contributed by atoms with Crippen LogP contribution < -0.4 is 0 Å². The van der Waals surface area contributed by atoms with Gasteiger partial charge in [-0.2, -0.15) is 0 Å². The largest absolute Gasteiger partial charge is 0.256 e. The van der Waals surface area contributed by atoms with Crippen LogP contribution in [0.4, 0.5) is 0 Å². The van der Waals surface area contributed by atoms with Crippen LogP contribution in [-0.2, 0) is 5.41 Å². The van der Waals surface area contributed by atoms with Crippen molar-refractivity contribution in [2.75, 3.05) is 0 Å². The molecule has 8 rings (SSSR count). The van der Waals surface area contributed by atoms with E-state index < -0.39 is 0 Å². The number of hydrogen-bond donors (Lipinski definition) is 0. The number of benzene rings is 4. The molecular weight excluding hydrogens is 597 g/mol. The number of rotatable bonds is 5. The number of allylic oxidation sites excluding steroid dienone is 8. The fraction of sp³-hybridized carbons (Fsp3) is 0.156. The van der Waals surface area contributed by atoms with Crippen molar-refractivity contribution in [1.29, 1.82) is 0 Å². The Morgan fingerprint density at radius 2 is 1.35 bits per heavy atom. The molecule has 2 heterocycles. The van der Waals surface area contributed by atoms with Gasteiger partial charge in [-0.15, -0.1) is 0 Å². The minimum atomic E-state index is -0.348. The van der Waals surface area contributed by atoms with E-state index in [1.54, 1.807) is 0 Å². The third kappa shape index (κ3) is 5.95. The highest BCUT2D eigenvalue weighted by molar-refractivity contribution is 5.83. The summed E-state index contributed by atoms with van der Waals surface area (Å²) in [5, 5.41) is 1.05.